The lowest BCUT2D eigenvalue weighted by Gasteiger charge is -2.16. The summed E-state index contributed by atoms with van der Waals surface area (Å²) in [6, 6.07) is 10.1. The third-order valence-electron chi connectivity index (χ3n) is 3.01. The third kappa shape index (κ3) is 3.31. The van der Waals surface area contributed by atoms with Gasteiger partial charge in [0.15, 0.2) is 0 Å². The molecule has 1 unspecified atom stereocenters. The molecule has 1 atom stereocenters. The van der Waals surface area contributed by atoms with Gasteiger partial charge < -0.3 is 0 Å². The van der Waals surface area contributed by atoms with Crippen molar-refractivity contribution in [2.75, 3.05) is 0 Å². The maximum atomic E-state index is 11.9. The molecule has 1 aromatic rings. The van der Waals surface area contributed by atoms with Crippen LogP contribution < -0.4 is 10.9 Å². The molecule has 0 saturated heterocycles. The van der Waals surface area contributed by atoms with Crippen LogP contribution in [-0.2, 0) is 4.79 Å². The average Bonchev–Trinajstić information content (AvgIpc) is 2.46. The van der Waals surface area contributed by atoms with Crippen LogP contribution in [0.4, 0.5) is 0 Å². The van der Waals surface area contributed by atoms with Crippen LogP contribution in [0.25, 0.3) is 0 Å². The van der Waals surface area contributed by atoms with E-state index in [0.717, 1.165) is 24.0 Å². The van der Waals surface area contributed by atoms with Crippen molar-refractivity contribution < 1.29 is 4.79 Å². The van der Waals surface area contributed by atoms with Crippen LogP contribution in [0.5, 0.6) is 0 Å². The first-order valence-electron chi connectivity index (χ1n) is 6.24. The number of allylic oxidation sites excluding steroid dienone is 3. The van der Waals surface area contributed by atoms with Gasteiger partial charge in [0, 0.05) is 11.6 Å². The van der Waals surface area contributed by atoms with Gasteiger partial charge in [-0.3, -0.25) is 10.2 Å². The number of carbonyl (C=O) groups excluding carboxylic acids is 1. The number of amides is 1. The van der Waals surface area contributed by atoms with Gasteiger partial charge in [-0.25, -0.2) is 5.43 Å². The van der Waals surface area contributed by atoms with Crippen molar-refractivity contribution in [1.82, 2.24) is 10.9 Å². The van der Waals surface area contributed by atoms with E-state index in [9.17, 15) is 4.79 Å². The zero-order valence-corrected chi connectivity index (χ0v) is 10.5. The van der Waals surface area contributed by atoms with Crippen LogP contribution in [0.3, 0.4) is 0 Å². The fraction of sp³-hybridized carbons (Fsp3) is 0.267. The fourth-order valence-electron chi connectivity index (χ4n) is 1.87. The van der Waals surface area contributed by atoms with Gasteiger partial charge in [-0.15, -0.1) is 0 Å². The Bertz CT molecular complexity index is 463. The third-order valence-corrected chi connectivity index (χ3v) is 3.01. The predicted molar refractivity (Wildman–Crippen MR) is 72.6 cm³/mol. The number of hydrogen-bond donors (Lipinski definition) is 2. The highest BCUT2D eigenvalue weighted by atomic mass is 16.2. The summed E-state index contributed by atoms with van der Waals surface area (Å²) >= 11 is 0. The molecule has 1 aromatic carbocycles. The Balaban J connectivity index is 1.86. The van der Waals surface area contributed by atoms with Gasteiger partial charge in [-0.05, 0) is 25.3 Å². The van der Waals surface area contributed by atoms with E-state index in [1.54, 1.807) is 0 Å². The SMILES string of the molecule is CC(NNC(=O)C1=CC=CCC1)c1ccccc1. The first-order chi connectivity index (χ1) is 8.77. The molecule has 0 bridgehead atoms. The van der Waals surface area contributed by atoms with Crippen LogP contribution in [-0.4, -0.2) is 5.91 Å². The lowest BCUT2D eigenvalue weighted by Crippen LogP contribution is -2.39. The molecule has 94 valence electrons. The second-order valence-electron chi connectivity index (χ2n) is 4.39. The molecule has 1 aliphatic rings. The summed E-state index contributed by atoms with van der Waals surface area (Å²) in [5, 5.41) is 0. The van der Waals surface area contributed by atoms with Crippen LogP contribution in [0, 0.1) is 0 Å². The summed E-state index contributed by atoms with van der Waals surface area (Å²) in [5.74, 6) is -0.0397. The van der Waals surface area contributed by atoms with Crippen molar-refractivity contribution in [3.63, 3.8) is 0 Å². The molecule has 0 saturated carbocycles. The van der Waals surface area contributed by atoms with Gasteiger partial charge >= 0.3 is 0 Å². The van der Waals surface area contributed by atoms with Gasteiger partial charge in [0.05, 0.1) is 0 Å². The summed E-state index contributed by atoms with van der Waals surface area (Å²) in [6.07, 6.45) is 7.61. The Hall–Kier alpha value is -1.87. The lowest BCUT2D eigenvalue weighted by atomic mass is 10.1. The first-order valence-corrected chi connectivity index (χ1v) is 6.24. The molecular formula is C15H18N2O. The second kappa shape index (κ2) is 6.17. The number of hydrazine groups is 1. The topological polar surface area (TPSA) is 41.1 Å². The minimum Gasteiger partial charge on any atom is -0.287 e. The Morgan fingerprint density at radius 3 is 2.72 bits per heavy atom. The molecule has 0 radical (unpaired) electrons. The van der Waals surface area contributed by atoms with E-state index in [1.165, 1.54) is 0 Å². The van der Waals surface area contributed by atoms with Crippen molar-refractivity contribution in [2.24, 2.45) is 0 Å². The summed E-state index contributed by atoms with van der Waals surface area (Å²) in [6.45, 7) is 2.02. The molecular weight excluding hydrogens is 224 g/mol. The first kappa shape index (κ1) is 12.6. The Morgan fingerprint density at radius 1 is 1.28 bits per heavy atom. The summed E-state index contributed by atoms with van der Waals surface area (Å²) in [7, 11) is 0. The molecule has 0 spiro atoms. The highest BCUT2D eigenvalue weighted by molar-refractivity contribution is 5.93. The van der Waals surface area contributed by atoms with E-state index < -0.39 is 0 Å². The van der Waals surface area contributed by atoms with Crippen LogP contribution >= 0.6 is 0 Å². The minimum absolute atomic E-state index is 0.0397. The van der Waals surface area contributed by atoms with Crippen molar-refractivity contribution in [3.8, 4) is 0 Å². The van der Waals surface area contributed by atoms with Gasteiger partial charge in [0.25, 0.3) is 5.91 Å². The summed E-state index contributed by atoms with van der Waals surface area (Å²) in [4.78, 5) is 11.9. The van der Waals surface area contributed by atoms with E-state index in [2.05, 4.69) is 16.9 Å². The maximum Gasteiger partial charge on any atom is 0.261 e. The van der Waals surface area contributed by atoms with Crippen LogP contribution in [0.15, 0.2) is 54.1 Å². The fourth-order valence-corrected chi connectivity index (χ4v) is 1.87. The molecule has 0 heterocycles. The van der Waals surface area contributed by atoms with E-state index >= 15 is 0 Å². The molecule has 1 amide bonds. The number of hydrogen-bond acceptors (Lipinski definition) is 2. The van der Waals surface area contributed by atoms with Crippen LogP contribution in [0.1, 0.15) is 31.4 Å². The normalized spacial score (nSPS) is 15.9. The summed E-state index contributed by atoms with van der Waals surface area (Å²) < 4.78 is 0. The number of nitrogens with one attached hydrogen (secondary N) is 2. The molecule has 0 aliphatic heterocycles. The molecule has 0 aromatic heterocycles. The predicted octanol–water partition coefficient (Wildman–Crippen LogP) is 2.64. The zero-order chi connectivity index (χ0) is 12.8. The lowest BCUT2D eigenvalue weighted by molar-refractivity contribution is -0.118. The van der Waals surface area contributed by atoms with Crippen LogP contribution in [0.2, 0.25) is 0 Å². The molecule has 18 heavy (non-hydrogen) atoms. The smallest absolute Gasteiger partial charge is 0.261 e. The van der Waals surface area contributed by atoms with E-state index in [4.69, 9.17) is 0 Å². The molecule has 3 nitrogen and oxygen atoms in total. The van der Waals surface area contributed by atoms with E-state index in [0.29, 0.717) is 0 Å². The second-order valence-corrected chi connectivity index (χ2v) is 4.39. The minimum atomic E-state index is -0.0397. The number of rotatable bonds is 4. The quantitative estimate of drug-likeness (QED) is 0.797. The Kier molecular flexibility index (Phi) is 4.31. The van der Waals surface area contributed by atoms with Crippen molar-refractivity contribution >= 4 is 5.91 Å². The molecule has 2 N–H and O–H groups in total. The van der Waals surface area contributed by atoms with Crippen molar-refractivity contribution in [1.29, 1.82) is 0 Å². The number of benzene rings is 1. The number of carbonyl (C=O) groups is 1. The zero-order valence-electron chi connectivity index (χ0n) is 10.5. The average molecular weight is 242 g/mol. The van der Waals surface area contributed by atoms with Gasteiger partial charge in [-0.2, -0.15) is 0 Å². The molecule has 2 rings (SSSR count). The maximum absolute atomic E-state index is 11.9. The molecule has 3 heteroatoms. The Morgan fingerprint density at radius 2 is 2.06 bits per heavy atom. The van der Waals surface area contributed by atoms with E-state index in [-0.39, 0.29) is 11.9 Å². The molecule has 1 aliphatic carbocycles. The van der Waals surface area contributed by atoms with Crippen molar-refractivity contribution in [3.05, 3.63) is 59.7 Å². The molecule has 0 fully saturated rings. The summed E-state index contributed by atoms with van der Waals surface area (Å²) in [5.41, 5.74) is 7.76. The monoisotopic (exact) mass is 242 g/mol. The standard InChI is InChI=1S/C15H18N2O/c1-12(13-8-4-2-5-9-13)16-17-15(18)14-10-6-3-7-11-14/h2-6,8-10,12,16H,7,11H2,1H3,(H,17,18). The largest absolute Gasteiger partial charge is 0.287 e. The Labute approximate surface area is 108 Å². The van der Waals surface area contributed by atoms with Gasteiger partial charge in [0.2, 0.25) is 0 Å². The highest BCUT2D eigenvalue weighted by Gasteiger charge is 2.11. The highest BCUT2D eigenvalue weighted by Crippen LogP contribution is 2.12. The van der Waals surface area contributed by atoms with Gasteiger partial charge in [-0.1, -0.05) is 48.6 Å². The van der Waals surface area contributed by atoms with Gasteiger partial charge in [0.1, 0.15) is 0 Å². The van der Waals surface area contributed by atoms with Crippen molar-refractivity contribution in [2.45, 2.75) is 25.8 Å². The van der Waals surface area contributed by atoms with E-state index in [1.807, 2.05) is 49.4 Å².